The van der Waals surface area contributed by atoms with Gasteiger partial charge in [0.1, 0.15) is 0 Å². The van der Waals surface area contributed by atoms with Crippen molar-refractivity contribution in [3.05, 3.63) is 12.4 Å². The lowest BCUT2D eigenvalue weighted by Crippen LogP contribution is -2.18. The lowest BCUT2D eigenvalue weighted by molar-refractivity contribution is -0.127. The van der Waals surface area contributed by atoms with Crippen molar-refractivity contribution in [2.45, 2.75) is 0 Å². The van der Waals surface area contributed by atoms with Gasteiger partial charge >= 0.3 is 0 Å². The molecule has 0 atom stereocenters. The van der Waals surface area contributed by atoms with E-state index in [0.29, 0.717) is 11.4 Å². The van der Waals surface area contributed by atoms with Crippen LogP contribution in [0, 0.1) is 0 Å². The average Bonchev–Trinajstić information content (AvgIpc) is 2.69. The molecule has 0 spiro atoms. The third kappa shape index (κ3) is 2.48. The Balaban J connectivity index is 2.55. The Hall–Kier alpha value is -2.03. The number of rotatable bonds is 5. The summed E-state index contributed by atoms with van der Waals surface area (Å²) in [5.41, 5.74) is 0.577. The van der Waals surface area contributed by atoms with Crippen LogP contribution in [0.1, 0.15) is 5.82 Å². The average molecular weight is 198 g/mol. The van der Waals surface area contributed by atoms with Crippen molar-refractivity contribution in [2.75, 3.05) is 13.7 Å². The second-order valence-electron chi connectivity index (χ2n) is 2.24. The molecular weight excluding hydrogens is 188 g/mol. The molecule has 0 unspecified atom stereocenters. The summed E-state index contributed by atoms with van der Waals surface area (Å²) in [6, 6.07) is 0. The van der Waals surface area contributed by atoms with Gasteiger partial charge in [0.2, 0.25) is 5.82 Å². The molecule has 0 radical (unpaired) electrons. The molecule has 0 saturated heterocycles. The Morgan fingerprint density at radius 1 is 1.79 bits per heavy atom. The maximum Gasteiger partial charge on any atom is 0.202 e. The summed E-state index contributed by atoms with van der Waals surface area (Å²) in [6.45, 7) is 3.96. The summed E-state index contributed by atoms with van der Waals surface area (Å²) >= 11 is 0. The van der Waals surface area contributed by atoms with Crippen molar-refractivity contribution in [3.63, 3.8) is 0 Å². The lowest BCUT2D eigenvalue weighted by atomic mass is 10.3. The van der Waals surface area contributed by atoms with Crippen LogP contribution in [0.2, 0.25) is 0 Å². The van der Waals surface area contributed by atoms with Crippen molar-refractivity contribution in [1.82, 2.24) is 25.8 Å². The summed E-state index contributed by atoms with van der Waals surface area (Å²) in [6.07, 6.45) is 0. The summed E-state index contributed by atoms with van der Waals surface area (Å²) < 4.78 is 0. The molecule has 3 N–H and O–H groups in total. The number of nitrogens with one attached hydrogen (secondary N) is 1. The Labute approximate surface area is 79.5 Å². The quantitative estimate of drug-likeness (QED) is 0.367. The molecule has 0 aliphatic heterocycles. The normalized spacial score (nSPS) is 10.6. The molecule has 0 fully saturated rings. The van der Waals surface area contributed by atoms with Crippen molar-refractivity contribution < 1.29 is 4.84 Å². The molecular formula is C5H10N8O. The first-order valence-electron chi connectivity index (χ1n) is 3.62. The molecule has 9 heteroatoms. The van der Waals surface area contributed by atoms with E-state index in [-0.39, 0.29) is 6.54 Å². The smallest absolute Gasteiger partial charge is 0.202 e. The van der Waals surface area contributed by atoms with Crippen molar-refractivity contribution in [2.24, 2.45) is 16.3 Å². The first-order chi connectivity index (χ1) is 6.77. The van der Waals surface area contributed by atoms with E-state index in [1.54, 1.807) is 0 Å². The molecule has 1 rings (SSSR count). The molecule has 0 saturated carbocycles. The highest BCUT2D eigenvalue weighted by atomic mass is 16.7. The molecule has 0 amide bonds. The highest BCUT2D eigenvalue weighted by Gasteiger charge is 2.08. The van der Waals surface area contributed by atoms with Gasteiger partial charge in [0.15, 0.2) is 0 Å². The van der Waals surface area contributed by atoms with Gasteiger partial charge in [-0.1, -0.05) is 11.8 Å². The first kappa shape index (κ1) is 10.1. The van der Waals surface area contributed by atoms with Crippen molar-refractivity contribution in [3.8, 4) is 0 Å². The summed E-state index contributed by atoms with van der Waals surface area (Å²) in [5, 5.41) is 20.8. The predicted molar refractivity (Wildman–Crippen MR) is 46.0 cm³/mol. The number of tetrazole rings is 1. The Kier molecular flexibility index (Phi) is 3.49. The highest BCUT2D eigenvalue weighted by Crippen LogP contribution is 2.06. The minimum absolute atomic E-state index is 0.247. The Bertz CT molecular complexity index is 306. The SMILES string of the molecule is C=C(CN(/N=N\N)OC)c1nn[nH]n1. The van der Waals surface area contributed by atoms with Crippen LogP contribution < -0.4 is 5.84 Å². The molecule has 9 nitrogen and oxygen atoms in total. The van der Waals surface area contributed by atoms with E-state index >= 15 is 0 Å². The largest absolute Gasteiger partial charge is 0.303 e. The number of H-pyrrole nitrogens is 1. The molecule has 1 aromatic heterocycles. The van der Waals surface area contributed by atoms with Gasteiger partial charge in [0.25, 0.3) is 0 Å². The molecule has 0 aromatic carbocycles. The zero-order chi connectivity index (χ0) is 10.4. The van der Waals surface area contributed by atoms with Gasteiger partial charge in [-0.25, -0.2) is 0 Å². The monoisotopic (exact) mass is 198 g/mol. The van der Waals surface area contributed by atoms with Gasteiger partial charge in [-0.05, 0) is 10.4 Å². The van der Waals surface area contributed by atoms with E-state index in [0.717, 1.165) is 5.17 Å². The van der Waals surface area contributed by atoms with Gasteiger partial charge in [0.05, 0.1) is 13.7 Å². The molecule has 76 valence electrons. The van der Waals surface area contributed by atoms with Gasteiger partial charge < -0.3 is 5.84 Å². The molecule has 1 aromatic rings. The zero-order valence-corrected chi connectivity index (χ0v) is 7.58. The van der Waals surface area contributed by atoms with Gasteiger partial charge in [-0.2, -0.15) is 5.21 Å². The fourth-order valence-electron chi connectivity index (χ4n) is 0.736. The summed E-state index contributed by atoms with van der Waals surface area (Å²) in [5.74, 6) is 5.24. The first-order valence-corrected chi connectivity index (χ1v) is 3.62. The summed E-state index contributed by atoms with van der Waals surface area (Å²) in [7, 11) is 1.43. The Morgan fingerprint density at radius 3 is 3.07 bits per heavy atom. The zero-order valence-electron chi connectivity index (χ0n) is 7.58. The van der Waals surface area contributed by atoms with Crippen LogP contribution in [0.15, 0.2) is 17.0 Å². The standard InChI is InChI=1S/C5H10N8O/c1-4(5-7-10-11-8-5)3-13(14-2)12-9-6/h1,3H2,2H3,(H2,6,12)(H,7,8,10,11). The fourth-order valence-corrected chi connectivity index (χ4v) is 0.736. The van der Waals surface area contributed by atoms with Crippen LogP contribution in [0.4, 0.5) is 0 Å². The number of hydrogen-bond acceptors (Lipinski definition) is 6. The summed E-state index contributed by atoms with van der Waals surface area (Å²) in [4.78, 5) is 4.81. The molecule has 0 aliphatic carbocycles. The predicted octanol–water partition coefficient (Wildman–Crippen LogP) is -0.683. The number of aromatic amines is 1. The number of nitrogens with zero attached hydrogens (tertiary/aromatic N) is 6. The number of hydroxylamine groups is 1. The van der Waals surface area contributed by atoms with Gasteiger partial charge in [-0.3, -0.25) is 4.84 Å². The van der Waals surface area contributed by atoms with Crippen LogP contribution in [0.5, 0.6) is 0 Å². The van der Waals surface area contributed by atoms with Gasteiger partial charge in [-0.15, -0.1) is 15.4 Å². The van der Waals surface area contributed by atoms with E-state index in [1.807, 2.05) is 0 Å². The fraction of sp³-hybridized carbons (Fsp3) is 0.400. The molecule has 0 bridgehead atoms. The number of nitrogens with two attached hydrogens (primary N) is 1. The van der Waals surface area contributed by atoms with E-state index in [1.165, 1.54) is 7.11 Å². The maximum atomic E-state index is 4.86. The topological polar surface area (TPSA) is 118 Å². The Morgan fingerprint density at radius 2 is 2.57 bits per heavy atom. The van der Waals surface area contributed by atoms with Crippen LogP contribution in [-0.2, 0) is 4.84 Å². The minimum Gasteiger partial charge on any atom is -0.303 e. The van der Waals surface area contributed by atoms with E-state index in [9.17, 15) is 0 Å². The molecule has 1 heterocycles. The highest BCUT2D eigenvalue weighted by molar-refractivity contribution is 5.57. The van der Waals surface area contributed by atoms with Gasteiger partial charge in [0, 0.05) is 5.57 Å². The van der Waals surface area contributed by atoms with Crippen LogP contribution in [0.25, 0.3) is 5.57 Å². The maximum absolute atomic E-state index is 4.86. The van der Waals surface area contributed by atoms with Crippen molar-refractivity contribution in [1.29, 1.82) is 0 Å². The second kappa shape index (κ2) is 4.87. The lowest BCUT2D eigenvalue weighted by Gasteiger charge is -2.12. The number of hydrogen-bond donors (Lipinski definition) is 2. The van der Waals surface area contributed by atoms with E-state index in [2.05, 4.69) is 37.6 Å². The second-order valence-corrected chi connectivity index (χ2v) is 2.24. The van der Waals surface area contributed by atoms with E-state index in [4.69, 9.17) is 10.7 Å². The minimum atomic E-state index is 0.247. The molecule has 0 aliphatic rings. The van der Waals surface area contributed by atoms with Crippen molar-refractivity contribution >= 4 is 5.57 Å². The molecule has 14 heavy (non-hydrogen) atoms. The van der Waals surface area contributed by atoms with Crippen LogP contribution in [0.3, 0.4) is 0 Å². The van der Waals surface area contributed by atoms with Crippen LogP contribution in [-0.4, -0.2) is 39.5 Å². The number of aromatic nitrogens is 4. The third-order valence-electron chi connectivity index (χ3n) is 1.35. The third-order valence-corrected chi connectivity index (χ3v) is 1.35. The van der Waals surface area contributed by atoms with E-state index < -0.39 is 0 Å². The van der Waals surface area contributed by atoms with Crippen LogP contribution >= 0.6 is 0 Å².